The molecule has 0 aliphatic carbocycles. The van der Waals surface area contributed by atoms with E-state index in [1.165, 1.54) is 4.90 Å². The maximum Gasteiger partial charge on any atom is 0.250 e. The number of carbonyl (C=O) groups excluding carboxylic acids is 3. The van der Waals surface area contributed by atoms with Crippen LogP contribution in [-0.2, 0) is 25.7 Å². The first-order valence-corrected chi connectivity index (χ1v) is 13.1. The molecular formula is C28H32ClN3O5. The van der Waals surface area contributed by atoms with Gasteiger partial charge in [-0.05, 0) is 36.5 Å². The van der Waals surface area contributed by atoms with Gasteiger partial charge in [-0.15, -0.1) is 0 Å². The number of anilines is 1. The Labute approximate surface area is 221 Å². The number of aliphatic hydroxyl groups is 1. The molecule has 0 radical (unpaired) electrons. The third kappa shape index (κ3) is 4.31. The molecule has 3 fully saturated rings. The Balaban J connectivity index is 1.48. The van der Waals surface area contributed by atoms with E-state index in [9.17, 15) is 19.5 Å². The zero-order valence-electron chi connectivity index (χ0n) is 20.9. The summed E-state index contributed by atoms with van der Waals surface area (Å²) in [6, 6.07) is 14.8. The van der Waals surface area contributed by atoms with Gasteiger partial charge in [0.05, 0.1) is 41.3 Å². The Bertz CT molecular complexity index is 1190. The average Bonchev–Trinajstić information content (AvgIpc) is 3.52. The molecule has 2 bridgehead atoms. The van der Waals surface area contributed by atoms with E-state index in [0.717, 1.165) is 5.56 Å². The van der Waals surface area contributed by atoms with Gasteiger partial charge in [-0.1, -0.05) is 67.9 Å². The largest absolute Gasteiger partial charge is 0.394 e. The topological polar surface area (TPSA) is 108 Å². The molecule has 37 heavy (non-hydrogen) atoms. The standard InChI is InChI=1S/C28H32ClN3O5/c1-16(2)20(15-33)32-24(26(35)31-19-11-7-6-10-18(19)29)28-13-12-21(37-28)22(23(28)27(32)36)25(34)30-14-17-8-4-3-5-9-17/h3-11,16,20-24,33H,12-15H2,1-2H3,(H,30,34)(H,31,35)/t20-,21+,22-,23-,24?,28?/m0/s1. The van der Waals surface area contributed by atoms with Gasteiger partial charge in [-0.3, -0.25) is 14.4 Å². The summed E-state index contributed by atoms with van der Waals surface area (Å²) in [6.45, 7) is 3.81. The van der Waals surface area contributed by atoms with Crippen LogP contribution >= 0.6 is 11.6 Å². The number of amides is 3. The molecule has 0 saturated carbocycles. The minimum absolute atomic E-state index is 0.123. The van der Waals surface area contributed by atoms with Crippen molar-refractivity contribution in [3.8, 4) is 0 Å². The van der Waals surface area contributed by atoms with Gasteiger partial charge in [-0.2, -0.15) is 0 Å². The van der Waals surface area contributed by atoms with E-state index in [2.05, 4.69) is 10.6 Å². The minimum Gasteiger partial charge on any atom is -0.394 e. The first kappa shape index (κ1) is 25.7. The van der Waals surface area contributed by atoms with Crippen LogP contribution in [0.5, 0.6) is 0 Å². The number of ether oxygens (including phenoxy) is 1. The van der Waals surface area contributed by atoms with E-state index in [1.54, 1.807) is 24.3 Å². The van der Waals surface area contributed by atoms with Crippen LogP contribution in [0.25, 0.3) is 0 Å². The zero-order chi connectivity index (χ0) is 26.3. The Morgan fingerprint density at radius 1 is 1.14 bits per heavy atom. The zero-order valence-corrected chi connectivity index (χ0v) is 21.6. The molecule has 3 N–H and O–H groups in total. The van der Waals surface area contributed by atoms with Crippen LogP contribution in [-0.4, -0.2) is 58.1 Å². The SMILES string of the molecule is CC(C)[C@H](CO)N1C(=O)[C@@H]2[C@@H](C(=O)NCc3ccccc3)[C@H]3CCC2(O3)C1C(=O)Nc1ccccc1Cl. The fraction of sp³-hybridized carbons (Fsp3) is 0.464. The highest BCUT2D eigenvalue weighted by Gasteiger charge is 2.75. The number of fused-ring (bicyclic) bond motifs is 1. The van der Waals surface area contributed by atoms with Crippen LogP contribution in [0, 0.1) is 17.8 Å². The lowest BCUT2D eigenvalue weighted by atomic mass is 9.70. The molecule has 0 aromatic heterocycles. The van der Waals surface area contributed by atoms with Crippen molar-refractivity contribution >= 4 is 35.0 Å². The predicted molar refractivity (Wildman–Crippen MR) is 139 cm³/mol. The maximum atomic E-state index is 14.0. The summed E-state index contributed by atoms with van der Waals surface area (Å²) in [5, 5.41) is 16.5. The van der Waals surface area contributed by atoms with Crippen LogP contribution in [0.2, 0.25) is 5.02 Å². The summed E-state index contributed by atoms with van der Waals surface area (Å²) in [7, 11) is 0. The summed E-state index contributed by atoms with van der Waals surface area (Å²) in [5.74, 6) is -2.66. The van der Waals surface area contributed by atoms with Crippen molar-refractivity contribution in [2.45, 2.75) is 57.0 Å². The molecule has 196 valence electrons. The molecule has 2 aromatic rings. The Morgan fingerprint density at radius 2 is 1.84 bits per heavy atom. The summed E-state index contributed by atoms with van der Waals surface area (Å²) >= 11 is 6.30. The third-order valence-corrected chi connectivity index (χ3v) is 8.37. The van der Waals surface area contributed by atoms with E-state index in [4.69, 9.17) is 16.3 Å². The second-order valence-corrected chi connectivity index (χ2v) is 10.9. The summed E-state index contributed by atoms with van der Waals surface area (Å²) in [6.07, 6.45) is 0.598. The smallest absolute Gasteiger partial charge is 0.250 e. The monoisotopic (exact) mass is 525 g/mol. The van der Waals surface area contributed by atoms with Crippen molar-refractivity contribution in [3.63, 3.8) is 0 Å². The molecule has 2 aromatic carbocycles. The van der Waals surface area contributed by atoms with Gasteiger partial charge in [0.25, 0.3) is 0 Å². The highest BCUT2D eigenvalue weighted by atomic mass is 35.5. The van der Waals surface area contributed by atoms with Crippen LogP contribution in [0.1, 0.15) is 32.3 Å². The predicted octanol–water partition coefficient (Wildman–Crippen LogP) is 2.99. The summed E-state index contributed by atoms with van der Waals surface area (Å²) in [4.78, 5) is 42.8. The van der Waals surface area contributed by atoms with Gasteiger partial charge in [0.2, 0.25) is 17.7 Å². The van der Waals surface area contributed by atoms with Crippen molar-refractivity contribution in [1.29, 1.82) is 0 Å². The molecule has 9 heteroatoms. The number of carbonyl (C=O) groups is 3. The molecule has 1 spiro atoms. The quantitative estimate of drug-likeness (QED) is 0.491. The molecule has 2 unspecified atom stereocenters. The molecule has 3 aliphatic heterocycles. The van der Waals surface area contributed by atoms with E-state index < -0.39 is 41.5 Å². The highest BCUT2D eigenvalue weighted by Crippen LogP contribution is 2.59. The number of benzene rings is 2. The van der Waals surface area contributed by atoms with Gasteiger partial charge in [0.15, 0.2) is 0 Å². The van der Waals surface area contributed by atoms with Gasteiger partial charge >= 0.3 is 0 Å². The van der Waals surface area contributed by atoms with Crippen LogP contribution in [0.15, 0.2) is 54.6 Å². The Morgan fingerprint density at radius 3 is 2.51 bits per heavy atom. The molecule has 3 aliphatic rings. The van der Waals surface area contributed by atoms with Crippen LogP contribution < -0.4 is 10.6 Å². The summed E-state index contributed by atoms with van der Waals surface area (Å²) in [5.41, 5.74) is 0.229. The Hall–Kier alpha value is -2.94. The van der Waals surface area contributed by atoms with Crippen molar-refractivity contribution in [1.82, 2.24) is 10.2 Å². The van der Waals surface area contributed by atoms with Crippen LogP contribution in [0.4, 0.5) is 5.69 Å². The summed E-state index contributed by atoms with van der Waals surface area (Å²) < 4.78 is 6.45. The van der Waals surface area contributed by atoms with E-state index in [0.29, 0.717) is 30.1 Å². The molecule has 8 nitrogen and oxygen atoms in total. The van der Waals surface area contributed by atoms with Gasteiger partial charge in [0, 0.05) is 6.54 Å². The number of para-hydroxylation sites is 1. The molecule has 6 atom stereocenters. The molecule has 3 saturated heterocycles. The van der Waals surface area contributed by atoms with Crippen molar-refractivity contribution in [3.05, 3.63) is 65.2 Å². The molecule has 3 amide bonds. The van der Waals surface area contributed by atoms with Crippen LogP contribution in [0.3, 0.4) is 0 Å². The Kier molecular flexibility index (Phi) is 7.00. The maximum absolute atomic E-state index is 14.0. The second kappa shape index (κ2) is 10.1. The van der Waals surface area contributed by atoms with E-state index >= 15 is 0 Å². The van der Waals surface area contributed by atoms with Gasteiger partial charge in [0.1, 0.15) is 11.6 Å². The lowest BCUT2D eigenvalue weighted by molar-refractivity contribution is -0.145. The number of likely N-dealkylation sites (tertiary alicyclic amines) is 1. The third-order valence-electron chi connectivity index (χ3n) is 8.04. The molecule has 3 heterocycles. The van der Waals surface area contributed by atoms with E-state index in [-0.39, 0.29) is 24.3 Å². The molecule has 5 rings (SSSR count). The number of aliphatic hydroxyl groups excluding tert-OH is 1. The lowest BCUT2D eigenvalue weighted by Gasteiger charge is -2.38. The number of halogens is 1. The number of hydrogen-bond donors (Lipinski definition) is 3. The highest BCUT2D eigenvalue weighted by molar-refractivity contribution is 6.33. The van der Waals surface area contributed by atoms with Gasteiger partial charge < -0.3 is 25.4 Å². The fourth-order valence-electron chi connectivity index (χ4n) is 6.33. The van der Waals surface area contributed by atoms with Crippen molar-refractivity contribution in [2.24, 2.45) is 17.8 Å². The van der Waals surface area contributed by atoms with Crippen molar-refractivity contribution < 1.29 is 24.2 Å². The lowest BCUT2D eigenvalue weighted by Crippen LogP contribution is -2.57. The van der Waals surface area contributed by atoms with E-state index in [1.807, 2.05) is 44.2 Å². The first-order valence-electron chi connectivity index (χ1n) is 12.8. The van der Waals surface area contributed by atoms with Gasteiger partial charge in [-0.25, -0.2) is 0 Å². The normalized spacial score (nSPS) is 28.9. The number of nitrogens with zero attached hydrogens (tertiary/aromatic N) is 1. The second-order valence-electron chi connectivity index (χ2n) is 10.5. The number of rotatable bonds is 8. The molecular weight excluding hydrogens is 494 g/mol. The van der Waals surface area contributed by atoms with Crippen molar-refractivity contribution in [2.75, 3.05) is 11.9 Å². The fourth-order valence-corrected chi connectivity index (χ4v) is 6.52. The first-order chi connectivity index (χ1) is 17.8. The average molecular weight is 526 g/mol. The number of hydrogen-bond acceptors (Lipinski definition) is 5. The number of nitrogens with one attached hydrogen (secondary N) is 2. The minimum atomic E-state index is -1.15.